The quantitative estimate of drug-likeness (QED) is 0.834. The summed E-state index contributed by atoms with van der Waals surface area (Å²) >= 11 is 1.73. The molecule has 0 saturated carbocycles. The van der Waals surface area contributed by atoms with Gasteiger partial charge in [-0.2, -0.15) is 0 Å². The van der Waals surface area contributed by atoms with Crippen LogP contribution < -0.4 is 4.90 Å². The van der Waals surface area contributed by atoms with E-state index >= 15 is 0 Å². The second-order valence-electron chi connectivity index (χ2n) is 4.86. The Labute approximate surface area is 112 Å². The first-order valence-electron chi connectivity index (χ1n) is 6.63. The van der Waals surface area contributed by atoms with E-state index in [2.05, 4.69) is 34.1 Å². The van der Waals surface area contributed by atoms with E-state index in [0.29, 0.717) is 0 Å². The van der Waals surface area contributed by atoms with E-state index in [0.717, 1.165) is 6.42 Å². The Kier molecular flexibility index (Phi) is 3.60. The Morgan fingerprint density at radius 1 is 1.06 bits per heavy atom. The largest absolute Gasteiger partial charge is 0.372 e. The third-order valence-corrected chi connectivity index (χ3v) is 4.30. The van der Waals surface area contributed by atoms with E-state index in [4.69, 9.17) is 0 Å². The predicted octanol–water partition coefficient (Wildman–Crippen LogP) is 3.72. The number of benzene rings is 1. The highest BCUT2D eigenvalue weighted by molar-refractivity contribution is 7.09. The number of anilines is 1. The number of aromatic nitrogens is 1. The zero-order valence-electron chi connectivity index (χ0n) is 10.5. The van der Waals surface area contributed by atoms with Gasteiger partial charge in [-0.25, -0.2) is 0 Å². The standard InChI is InChI=1S/C15H18N2S/c1-2-8-17(9-3-1)14-6-4-13(5-7-14)10-15-11-16-12-18-15/h4-7,11-12H,1-3,8-10H2. The summed E-state index contributed by atoms with van der Waals surface area (Å²) in [5.41, 5.74) is 4.65. The Morgan fingerprint density at radius 2 is 1.83 bits per heavy atom. The average molecular weight is 258 g/mol. The van der Waals surface area contributed by atoms with Crippen molar-refractivity contribution in [1.29, 1.82) is 0 Å². The molecule has 18 heavy (non-hydrogen) atoms. The van der Waals surface area contributed by atoms with Gasteiger partial charge in [-0.15, -0.1) is 11.3 Å². The molecule has 2 nitrogen and oxygen atoms in total. The molecule has 0 atom stereocenters. The van der Waals surface area contributed by atoms with E-state index < -0.39 is 0 Å². The molecular formula is C15H18N2S. The number of hydrogen-bond donors (Lipinski definition) is 0. The number of nitrogens with zero attached hydrogens (tertiary/aromatic N) is 2. The van der Waals surface area contributed by atoms with Crippen molar-refractivity contribution >= 4 is 17.0 Å². The van der Waals surface area contributed by atoms with Crippen LogP contribution in [0.25, 0.3) is 0 Å². The van der Waals surface area contributed by atoms with Gasteiger partial charge in [0.1, 0.15) is 0 Å². The minimum absolute atomic E-state index is 1.00. The zero-order chi connectivity index (χ0) is 12.2. The molecule has 1 fully saturated rings. The molecule has 3 heteroatoms. The molecule has 1 saturated heterocycles. The van der Waals surface area contributed by atoms with Crippen molar-refractivity contribution in [3.8, 4) is 0 Å². The van der Waals surface area contributed by atoms with Gasteiger partial charge in [0.2, 0.25) is 0 Å². The number of thiazole rings is 1. The third-order valence-electron chi connectivity index (χ3n) is 3.52. The lowest BCUT2D eigenvalue weighted by Crippen LogP contribution is -2.29. The first-order chi connectivity index (χ1) is 8.92. The fourth-order valence-corrected chi connectivity index (χ4v) is 3.14. The summed E-state index contributed by atoms with van der Waals surface area (Å²) in [6.07, 6.45) is 7.03. The van der Waals surface area contributed by atoms with E-state index in [1.165, 1.54) is 48.5 Å². The summed E-state index contributed by atoms with van der Waals surface area (Å²) < 4.78 is 0. The first-order valence-corrected chi connectivity index (χ1v) is 7.51. The Morgan fingerprint density at radius 3 is 2.50 bits per heavy atom. The molecule has 2 heterocycles. The summed E-state index contributed by atoms with van der Waals surface area (Å²) in [5, 5.41) is 0. The van der Waals surface area contributed by atoms with Crippen molar-refractivity contribution in [3.63, 3.8) is 0 Å². The van der Waals surface area contributed by atoms with Crippen molar-refractivity contribution in [1.82, 2.24) is 4.98 Å². The second-order valence-corrected chi connectivity index (χ2v) is 5.83. The van der Waals surface area contributed by atoms with Crippen LogP contribution in [0, 0.1) is 0 Å². The van der Waals surface area contributed by atoms with Crippen LogP contribution >= 0.6 is 11.3 Å². The minimum atomic E-state index is 1.00. The second kappa shape index (κ2) is 5.53. The van der Waals surface area contributed by atoms with Gasteiger partial charge in [0.05, 0.1) is 5.51 Å². The maximum atomic E-state index is 4.12. The van der Waals surface area contributed by atoms with Gasteiger partial charge < -0.3 is 4.90 Å². The van der Waals surface area contributed by atoms with Crippen LogP contribution in [0.1, 0.15) is 29.7 Å². The van der Waals surface area contributed by atoms with Crippen LogP contribution in [0.3, 0.4) is 0 Å². The molecule has 1 aliphatic rings. The molecule has 0 aliphatic carbocycles. The van der Waals surface area contributed by atoms with Crippen molar-refractivity contribution in [3.05, 3.63) is 46.4 Å². The lowest BCUT2D eigenvalue weighted by Gasteiger charge is -2.28. The molecule has 0 spiro atoms. The Hall–Kier alpha value is -1.35. The number of hydrogen-bond acceptors (Lipinski definition) is 3. The van der Waals surface area contributed by atoms with Crippen LogP contribution in [-0.2, 0) is 6.42 Å². The van der Waals surface area contributed by atoms with Crippen molar-refractivity contribution in [2.24, 2.45) is 0 Å². The molecule has 0 N–H and O–H groups in total. The Balaban J connectivity index is 1.68. The van der Waals surface area contributed by atoms with Gasteiger partial charge in [0.15, 0.2) is 0 Å². The summed E-state index contributed by atoms with van der Waals surface area (Å²) in [7, 11) is 0. The molecule has 0 unspecified atom stereocenters. The number of rotatable bonds is 3. The minimum Gasteiger partial charge on any atom is -0.372 e. The van der Waals surface area contributed by atoms with Gasteiger partial charge in [-0.3, -0.25) is 4.98 Å². The van der Waals surface area contributed by atoms with Crippen molar-refractivity contribution < 1.29 is 0 Å². The molecule has 1 aromatic heterocycles. The lowest BCUT2D eigenvalue weighted by molar-refractivity contribution is 0.578. The smallest absolute Gasteiger partial charge is 0.0794 e. The summed E-state index contributed by atoms with van der Waals surface area (Å²) in [6.45, 7) is 2.43. The summed E-state index contributed by atoms with van der Waals surface area (Å²) in [6, 6.07) is 9.04. The molecular weight excluding hydrogens is 240 g/mol. The van der Waals surface area contributed by atoms with Gasteiger partial charge in [-0.05, 0) is 37.0 Å². The molecule has 3 rings (SSSR count). The Bertz CT molecular complexity index is 470. The van der Waals surface area contributed by atoms with Crippen LogP contribution in [0.5, 0.6) is 0 Å². The van der Waals surface area contributed by atoms with Crippen LogP contribution in [0.15, 0.2) is 36.0 Å². The molecule has 0 bridgehead atoms. The highest BCUT2D eigenvalue weighted by Gasteiger charge is 2.10. The van der Waals surface area contributed by atoms with E-state index in [1.54, 1.807) is 11.3 Å². The summed E-state index contributed by atoms with van der Waals surface area (Å²) in [4.78, 5) is 7.95. The van der Waals surface area contributed by atoms with Crippen LogP contribution in [0.4, 0.5) is 5.69 Å². The topological polar surface area (TPSA) is 16.1 Å². The van der Waals surface area contributed by atoms with Crippen molar-refractivity contribution in [2.45, 2.75) is 25.7 Å². The molecule has 1 aromatic carbocycles. The van der Waals surface area contributed by atoms with E-state index in [-0.39, 0.29) is 0 Å². The van der Waals surface area contributed by atoms with Gasteiger partial charge >= 0.3 is 0 Å². The first kappa shape index (κ1) is 11.7. The molecule has 0 radical (unpaired) electrons. The number of piperidine rings is 1. The average Bonchev–Trinajstić information content (AvgIpc) is 2.94. The van der Waals surface area contributed by atoms with Gasteiger partial charge in [0.25, 0.3) is 0 Å². The fraction of sp³-hybridized carbons (Fsp3) is 0.400. The molecule has 0 amide bonds. The van der Waals surface area contributed by atoms with Crippen molar-refractivity contribution in [2.75, 3.05) is 18.0 Å². The van der Waals surface area contributed by atoms with Crippen LogP contribution in [-0.4, -0.2) is 18.1 Å². The van der Waals surface area contributed by atoms with E-state index in [9.17, 15) is 0 Å². The fourth-order valence-electron chi connectivity index (χ4n) is 2.51. The molecule has 1 aliphatic heterocycles. The van der Waals surface area contributed by atoms with E-state index in [1.807, 2.05) is 11.7 Å². The summed E-state index contributed by atoms with van der Waals surface area (Å²) in [5.74, 6) is 0. The highest BCUT2D eigenvalue weighted by atomic mass is 32.1. The SMILES string of the molecule is c1ncc(Cc2ccc(N3CCCCC3)cc2)s1. The normalized spacial score (nSPS) is 15.9. The maximum absolute atomic E-state index is 4.12. The molecule has 94 valence electrons. The third kappa shape index (κ3) is 2.72. The van der Waals surface area contributed by atoms with Gasteiger partial charge in [-0.1, -0.05) is 12.1 Å². The zero-order valence-corrected chi connectivity index (χ0v) is 11.3. The van der Waals surface area contributed by atoms with Crippen LogP contribution in [0.2, 0.25) is 0 Å². The highest BCUT2D eigenvalue weighted by Crippen LogP contribution is 2.21. The van der Waals surface area contributed by atoms with Gasteiger partial charge in [0, 0.05) is 36.3 Å². The monoisotopic (exact) mass is 258 g/mol. The predicted molar refractivity (Wildman–Crippen MR) is 77.4 cm³/mol. The molecule has 2 aromatic rings. The maximum Gasteiger partial charge on any atom is 0.0794 e. The lowest BCUT2D eigenvalue weighted by atomic mass is 10.1.